The Morgan fingerprint density at radius 3 is 1.64 bits per heavy atom. The number of halogens is 4. The first-order valence-corrected chi connectivity index (χ1v) is 5.79. The summed E-state index contributed by atoms with van der Waals surface area (Å²) in [5, 5.41) is 0. The van der Waals surface area contributed by atoms with Crippen molar-refractivity contribution in [2.45, 2.75) is 26.7 Å². The van der Waals surface area contributed by atoms with E-state index in [1.807, 2.05) is 13.8 Å². The molecule has 0 fully saturated rings. The van der Waals surface area contributed by atoms with Gasteiger partial charge in [0.05, 0.1) is 8.95 Å². The zero-order chi connectivity index (χ0) is 11.0. The molecule has 1 aromatic carbocycles. The average molecular weight is 328 g/mol. The van der Waals surface area contributed by atoms with E-state index < -0.39 is 11.6 Å². The Hall–Kier alpha value is 0.0400. The zero-order valence-electron chi connectivity index (χ0n) is 8.09. The number of hydrogen-bond acceptors (Lipinski definition) is 0. The Bertz CT molecular complexity index is 344. The Labute approximate surface area is 99.0 Å². The van der Waals surface area contributed by atoms with E-state index in [-0.39, 0.29) is 11.5 Å². The summed E-state index contributed by atoms with van der Waals surface area (Å²) in [6.45, 7) is 5.20. The van der Waals surface area contributed by atoms with Crippen LogP contribution in [0.1, 0.15) is 30.9 Å². The summed E-state index contributed by atoms with van der Waals surface area (Å²) in [5.74, 6) is -0.979. The summed E-state index contributed by atoms with van der Waals surface area (Å²) in [6, 6.07) is 0. The molecular formula is C10H10Br2F2. The molecule has 0 heterocycles. The molecule has 0 radical (unpaired) electrons. The molecule has 0 aliphatic carbocycles. The van der Waals surface area contributed by atoms with Gasteiger partial charge in [-0.15, -0.1) is 0 Å². The van der Waals surface area contributed by atoms with Gasteiger partial charge in [0.2, 0.25) is 0 Å². The zero-order valence-corrected chi connectivity index (χ0v) is 11.3. The Kier molecular flexibility index (Phi) is 3.69. The van der Waals surface area contributed by atoms with E-state index in [0.717, 1.165) is 0 Å². The number of hydrogen-bond donors (Lipinski definition) is 0. The normalized spacial score (nSPS) is 11.1. The molecule has 78 valence electrons. The van der Waals surface area contributed by atoms with Gasteiger partial charge in [-0.05, 0) is 50.3 Å². The first-order chi connectivity index (χ1) is 6.37. The maximum absolute atomic E-state index is 13.5. The standard InChI is InChI=1S/C10H10Br2F2/c1-4(2)6-7(11)9(13)5(3)10(14)8(6)12/h4H,1-3H3. The fourth-order valence-corrected chi connectivity index (χ4v) is 3.44. The fourth-order valence-electron chi connectivity index (χ4n) is 1.27. The largest absolute Gasteiger partial charge is 0.205 e. The van der Waals surface area contributed by atoms with Crippen LogP contribution in [0, 0.1) is 18.6 Å². The van der Waals surface area contributed by atoms with Crippen LogP contribution in [0.5, 0.6) is 0 Å². The van der Waals surface area contributed by atoms with Crippen LogP contribution in [0.4, 0.5) is 8.78 Å². The van der Waals surface area contributed by atoms with E-state index in [0.29, 0.717) is 14.5 Å². The van der Waals surface area contributed by atoms with Crippen LogP contribution in [0.3, 0.4) is 0 Å². The molecule has 0 bridgehead atoms. The molecule has 0 N–H and O–H groups in total. The van der Waals surface area contributed by atoms with Crippen molar-refractivity contribution < 1.29 is 8.78 Å². The maximum atomic E-state index is 13.5. The van der Waals surface area contributed by atoms with E-state index in [1.54, 1.807) is 0 Å². The molecule has 0 aliphatic heterocycles. The highest BCUT2D eigenvalue weighted by Crippen LogP contribution is 2.37. The SMILES string of the molecule is Cc1c(F)c(Br)c(C(C)C)c(Br)c1F. The molecule has 0 aromatic heterocycles. The molecule has 0 nitrogen and oxygen atoms in total. The molecule has 14 heavy (non-hydrogen) atoms. The smallest absolute Gasteiger partial charge is 0.143 e. The predicted octanol–water partition coefficient (Wildman–Crippen LogP) is 4.92. The summed E-state index contributed by atoms with van der Waals surface area (Å²) in [5.41, 5.74) is 0.666. The lowest BCUT2D eigenvalue weighted by molar-refractivity contribution is 0.552. The second-order valence-corrected chi connectivity index (χ2v) is 5.04. The maximum Gasteiger partial charge on any atom is 0.143 e. The van der Waals surface area contributed by atoms with Crippen molar-refractivity contribution >= 4 is 31.9 Å². The predicted molar refractivity (Wildman–Crippen MR) is 60.6 cm³/mol. The van der Waals surface area contributed by atoms with Crippen molar-refractivity contribution in [1.82, 2.24) is 0 Å². The van der Waals surface area contributed by atoms with Crippen molar-refractivity contribution in [3.8, 4) is 0 Å². The second-order valence-electron chi connectivity index (χ2n) is 3.45. The molecule has 0 amide bonds. The van der Waals surface area contributed by atoms with Crippen molar-refractivity contribution in [3.63, 3.8) is 0 Å². The first-order valence-electron chi connectivity index (χ1n) is 4.20. The van der Waals surface area contributed by atoms with Crippen molar-refractivity contribution in [2.75, 3.05) is 0 Å². The molecule has 0 aliphatic rings. The van der Waals surface area contributed by atoms with Crippen molar-refractivity contribution in [1.29, 1.82) is 0 Å². The van der Waals surface area contributed by atoms with E-state index in [1.165, 1.54) is 6.92 Å². The van der Waals surface area contributed by atoms with Gasteiger partial charge in [-0.2, -0.15) is 0 Å². The monoisotopic (exact) mass is 326 g/mol. The lowest BCUT2D eigenvalue weighted by Gasteiger charge is -2.14. The highest BCUT2D eigenvalue weighted by atomic mass is 79.9. The molecule has 0 spiro atoms. The summed E-state index contributed by atoms with van der Waals surface area (Å²) >= 11 is 6.29. The minimum atomic E-state index is -0.519. The third-order valence-electron chi connectivity index (χ3n) is 2.09. The third kappa shape index (κ3) is 1.87. The van der Waals surface area contributed by atoms with Gasteiger partial charge in [0.1, 0.15) is 11.6 Å². The Balaban J connectivity index is 3.60. The highest BCUT2D eigenvalue weighted by molar-refractivity contribution is 9.11. The molecule has 1 aromatic rings. The fraction of sp³-hybridized carbons (Fsp3) is 0.400. The highest BCUT2D eigenvalue weighted by Gasteiger charge is 2.20. The Morgan fingerprint density at radius 2 is 1.36 bits per heavy atom. The van der Waals surface area contributed by atoms with Crippen molar-refractivity contribution in [2.24, 2.45) is 0 Å². The minimum absolute atomic E-state index is 0.0353. The summed E-state index contributed by atoms with van der Waals surface area (Å²) in [6.07, 6.45) is 0. The number of benzene rings is 1. The van der Waals surface area contributed by atoms with Gasteiger partial charge in [0.15, 0.2) is 0 Å². The van der Waals surface area contributed by atoms with E-state index in [9.17, 15) is 8.78 Å². The van der Waals surface area contributed by atoms with E-state index in [2.05, 4.69) is 31.9 Å². The quantitative estimate of drug-likeness (QED) is 0.642. The summed E-state index contributed by atoms with van der Waals surface area (Å²) in [4.78, 5) is 0. The molecule has 0 saturated carbocycles. The molecule has 0 saturated heterocycles. The average Bonchev–Trinajstić information content (AvgIpc) is 2.11. The van der Waals surface area contributed by atoms with Gasteiger partial charge in [-0.25, -0.2) is 8.78 Å². The minimum Gasteiger partial charge on any atom is -0.205 e. The second kappa shape index (κ2) is 4.27. The topological polar surface area (TPSA) is 0 Å². The van der Waals surface area contributed by atoms with Gasteiger partial charge < -0.3 is 0 Å². The van der Waals surface area contributed by atoms with Crippen LogP contribution in [-0.4, -0.2) is 0 Å². The van der Waals surface area contributed by atoms with Gasteiger partial charge in [0, 0.05) is 5.56 Å². The van der Waals surface area contributed by atoms with E-state index >= 15 is 0 Å². The van der Waals surface area contributed by atoms with Crippen molar-refractivity contribution in [3.05, 3.63) is 31.7 Å². The van der Waals surface area contributed by atoms with Crippen LogP contribution in [-0.2, 0) is 0 Å². The molecule has 4 heteroatoms. The molecule has 0 unspecified atom stereocenters. The van der Waals surface area contributed by atoms with Crippen LogP contribution < -0.4 is 0 Å². The van der Waals surface area contributed by atoms with Crippen LogP contribution in [0.2, 0.25) is 0 Å². The third-order valence-corrected chi connectivity index (χ3v) is 3.64. The first kappa shape index (κ1) is 12.1. The van der Waals surface area contributed by atoms with Gasteiger partial charge in [0.25, 0.3) is 0 Å². The lowest BCUT2D eigenvalue weighted by atomic mass is 10.0. The van der Waals surface area contributed by atoms with Gasteiger partial charge in [-0.1, -0.05) is 13.8 Å². The molecular weight excluding hydrogens is 318 g/mol. The van der Waals surface area contributed by atoms with E-state index in [4.69, 9.17) is 0 Å². The Morgan fingerprint density at radius 1 is 1.00 bits per heavy atom. The van der Waals surface area contributed by atoms with Gasteiger partial charge >= 0.3 is 0 Å². The van der Waals surface area contributed by atoms with Crippen LogP contribution in [0.25, 0.3) is 0 Å². The van der Waals surface area contributed by atoms with Crippen LogP contribution >= 0.6 is 31.9 Å². The van der Waals surface area contributed by atoms with Crippen LogP contribution in [0.15, 0.2) is 8.95 Å². The lowest BCUT2D eigenvalue weighted by Crippen LogP contribution is -2.01. The molecule has 1 rings (SSSR count). The van der Waals surface area contributed by atoms with Gasteiger partial charge in [-0.3, -0.25) is 0 Å². The summed E-state index contributed by atoms with van der Waals surface area (Å²) < 4.78 is 27.7. The number of rotatable bonds is 1. The molecule has 0 atom stereocenters. The summed E-state index contributed by atoms with van der Waals surface area (Å²) in [7, 11) is 0.